The molecule has 4 nitrogen and oxygen atoms in total. The van der Waals surface area contributed by atoms with Crippen molar-refractivity contribution in [2.24, 2.45) is 0 Å². The van der Waals surface area contributed by atoms with Crippen molar-refractivity contribution < 1.29 is 19.7 Å². The molecule has 0 aliphatic heterocycles. The van der Waals surface area contributed by atoms with Crippen LogP contribution < -0.4 is 9.47 Å². The van der Waals surface area contributed by atoms with Gasteiger partial charge in [-0.2, -0.15) is 0 Å². The molecule has 0 bridgehead atoms. The number of rotatable bonds is 6. The molecule has 5 aromatic rings. The first-order valence-electron chi connectivity index (χ1n) is 9.57. The SMILES string of the molecule is OCCOc1ccc2ccc3sc4ccc5ccc(OCCO)cc5c4c3c2c1. The summed E-state index contributed by atoms with van der Waals surface area (Å²) in [6, 6.07) is 20.8. The number of aliphatic hydroxyl groups excluding tert-OH is 2. The number of aliphatic hydroxyl groups is 2. The van der Waals surface area contributed by atoms with Gasteiger partial charge in [0.1, 0.15) is 24.7 Å². The molecule has 0 unspecified atom stereocenters. The first kappa shape index (κ1) is 18.2. The summed E-state index contributed by atoms with van der Waals surface area (Å²) in [5.41, 5.74) is 0. The second kappa shape index (κ2) is 7.52. The Kier molecular flexibility index (Phi) is 4.72. The molecule has 0 saturated carbocycles. The lowest BCUT2D eigenvalue weighted by Crippen LogP contribution is -2.01. The van der Waals surface area contributed by atoms with E-state index < -0.39 is 0 Å². The molecule has 0 aliphatic carbocycles. The summed E-state index contributed by atoms with van der Waals surface area (Å²) in [6.45, 7) is 0.538. The van der Waals surface area contributed by atoms with E-state index in [2.05, 4.69) is 48.5 Å². The number of hydrogen-bond acceptors (Lipinski definition) is 5. The largest absolute Gasteiger partial charge is 0.491 e. The normalized spacial score (nSPS) is 11.7. The maximum atomic E-state index is 9.08. The summed E-state index contributed by atoms with van der Waals surface area (Å²) in [5, 5.41) is 25.1. The van der Waals surface area contributed by atoms with Gasteiger partial charge in [-0.3, -0.25) is 0 Å². The van der Waals surface area contributed by atoms with Gasteiger partial charge in [-0.05, 0) is 57.9 Å². The fraction of sp³-hybridized carbons (Fsp3) is 0.167. The second-order valence-corrected chi connectivity index (χ2v) is 7.97. The van der Waals surface area contributed by atoms with Crippen molar-refractivity contribution in [2.45, 2.75) is 0 Å². The standard InChI is InChI=1S/C24H20O4S/c25-9-11-27-17-5-1-15-3-7-21-23(19(15)13-17)24-20-14-18(28-12-10-26)6-2-16(20)4-8-22(24)29-21/h1-8,13-14,25-26H,9-12H2. The molecule has 0 fully saturated rings. The van der Waals surface area contributed by atoms with Crippen LogP contribution in [0.1, 0.15) is 0 Å². The number of ether oxygens (including phenoxy) is 2. The molecule has 4 aromatic carbocycles. The zero-order chi connectivity index (χ0) is 19.8. The molecule has 5 heteroatoms. The van der Waals surface area contributed by atoms with Gasteiger partial charge in [0.05, 0.1) is 13.2 Å². The molecule has 1 heterocycles. The highest BCUT2D eigenvalue weighted by atomic mass is 32.1. The Morgan fingerprint density at radius 2 is 1.07 bits per heavy atom. The van der Waals surface area contributed by atoms with Gasteiger partial charge in [-0.15, -0.1) is 11.3 Å². The van der Waals surface area contributed by atoms with Crippen molar-refractivity contribution >= 4 is 53.1 Å². The predicted octanol–water partition coefficient (Wildman–Crippen LogP) is 5.10. The topological polar surface area (TPSA) is 58.9 Å². The van der Waals surface area contributed by atoms with Crippen molar-refractivity contribution in [3.63, 3.8) is 0 Å². The third-order valence-corrected chi connectivity index (χ3v) is 6.22. The molecule has 0 spiro atoms. The van der Waals surface area contributed by atoms with Crippen LogP contribution in [-0.2, 0) is 0 Å². The first-order valence-corrected chi connectivity index (χ1v) is 10.4. The average Bonchev–Trinajstić information content (AvgIpc) is 3.15. The first-order chi connectivity index (χ1) is 14.3. The van der Waals surface area contributed by atoms with Crippen molar-refractivity contribution in [2.75, 3.05) is 26.4 Å². The van der Waals surface area contributed by atoms with Crippen molar-refractivity contribution in [3.05, 3.63) is 60.7 Å². The molecule has 2 N–H and O–H groups in total. The highest BCUT2D eigenvalue weighted by Crippen LogP contribution is 2.43. The van der Waals surface area contributed by atoms with Gasteiger partial charge in [0, 0.05) is 20.2 Å². The highest BCUT2D eigenvalue weighted by molar-refractivity contribution is 7.26. The molecule has 5 rings (SSSR count). The summed E-state index contributed by atoms with van der Waals surface area (Å²) in [4.78, 5) is 0. The van der Waals surface area contributed by atoms with E-state index >= 15 is 0 Å². The molecule has 0 atom stereocenters. The highest BCUT2D eigenvalue weighted by Gasteiger charge is 2.13. The van der Waals surface area contributed by atoms with Crippen LogP contribution in [0.25, 0.3) is 41.7 Å². The van der Waals surface area contributed by atoms with E-state index in [1.54, 1.807) is 11.3 Å². The van der Waals surface area contributed by atoms with E-state index in [1.165, 1.54) is 20.2 Å². The maximum Gasteiger partial charge on any atom is 0.120 e. The van der Waals surface area contributed by atoms with Crippen LogP contribution in [0.15, 0.2) is 60.7 Å². The van der Waals surface area contributed by atoms with E-state index in [1.807, 2.05) is 12.1 Å². The van der Waals surface area contributed by atoms with E-state index in [0.717, 1.165) is 33.0 Å². The third kappa shape index (κ3) is 3.17. The van der Waals surface area contributed by atoms with Crippen LogP contribution in [0.5, 0.6) is 11.5 Å². The number of fused-ring (bicyclic) bond motifs is 7. The van der Waals surface area contributed by atoms with Crippen LogP contribution in [-0.4, -0.2) is 36.6 Å². The third-order valence-electron chi connectivity index (χ3n) is 5.10. The number of thiophene rings is 1. The summed E-state index contributed by atoms with van der Waals surface area (Å²) < 4.78 is 13.8. The Labute approximate surface area is 171 Å². The van der Waals surface area contributed by atoms with Gasteiger partial charge in [-0.25, -0.2) is 0 Å². The zero-order valence-corrected chi connectivity index (χ0v) is 16.5. The molecule has 146 valence electrons. The quantitative estimate of drug-likeness (QED) is 0.413. The van der Waals surface area contributed by atoms with Crippen molar-refractivity contribution in [1.82, 2.24) is 0 Å². The Balaban J connectivity index is 1.83. The monoisotopic (exact) mass is 404 g/mol. The van der Waals surface area contributed by atoms with Gasteiger partial charge >= 0.3 is 0 Å². The van der Waals surface area contributed by atoms with Gasteiger partial charge in [0.25, 0.3) is 0 Å². The summed E-state index contributed by atoms with van der Waals surface area (Å²) in [5.74, 6) is 1.51. The fourth-order valence-corrected chi connectivity index (χ4v) is 5.01. The van der Waals surface area contributed by atoms with E-state index in [-0.39, 0.29) is 26.4 Å². The molecule has 1 aromatic heterocycles. The second-order valence-electron chi connectivity index (χ2n) is 6.89. The zero-order valence-electron chi connectivity index (χ0n) is 15.7. The lowest BCUT2D eigenvalue weighted by Gasteiger charge is -2.09. The average molecular weight is 404 g/mol. The van der Waals surface area contributed by atoms with E-state index in [4.69, 9.17) is 19.7 Å². The molecule has 0 amide bonds. The minimum atomic E-state index is -0.00905. The fourth-order valence-electron chi connectivity index (χ4n) is 3.87. The lowest BCUT2D eigenvalue weighted by atomic mass is 9.99. The van der Waals surface area contributed by atoms with Crippen LogP contribution in [0.2, 0.25) is 0 Å². The van der Waals surface area contributed by atoms with Crippen LogP contribution >= 0.6 is 11.3 Å². The maximum absolute atomic E-state index is 9.08. The Morgan fingerprint density at radius 1 is 0.621 bits per heavy atom. The Hall–Kier alpha value is -2.86. The minimum Gasteiger partial charge on any atom is -0.491 e. The van der Waals surface area contributed by atoms with Gasteiger partial charge in [0.15, 0.2) is 0 Å². The summed E-state index contributed by atoms with van der Waals surface area (Å²) in [7, 11) is 0. The molecule has 0 radical (unpaired) electrons. The number of hydrogen-bond donors (Lipinski definition) is 2. The van der Waals surface area contributed by atoms with Crippen molar-refractivity contribution in [3.8, 4) is 11.5 Å². The smallest absolute Gasteiger partial charge is 0.120 e. The Bertz CT molecular complexity index is 1240. The molecule has 0 saturated heterocycles. The summed E-state index contributed by atoms with van der Waals surface area (Å²) >= 11 is 1.78. The van der Waals surface area contributed by atoms with E-state index in [0.29, 0.717) is 0 Å². The van der Waals surface area contributed by atoms with Gasteiger partial charge in [0.2, 0.25) is 0 Å². The number of benzene rings is 4. The molecule has 29 heavy (non-hydrogen) atoms. The van der Waals surface area contributed by atoms with E-state index in [9.17, 15) is 0 Å². The van der Waals surface area contributed by atoms with Crippen molar-refractivity contribution in [1.29, 1.82) is 0 Å². The van der Waals surface area contributed by atoms with Crippen LogP contribution in [0.4, 0.5) is 0 Å². The molecular formula is C24H20O4S. The molecular weight excluding hydrogens is 384 g/mol. The molecule has 0 aliphatic rings. The lowest BCUT2D eigenvalue weighted by molar-refractivity contribution is 0.201. The predicted molar refractivity (Wildman–Crippen MR) is 120 cm³/mol. The van der Waals surface area contributed by atoms with Gasteiger partial charge < -0.3 is 19.7 Å². The Morgan fingerprint density at radius 3 is 1.52 bits per heavy atom. The van der Waals surface area contributed by atoms with Crippen LogP contribution in [0.3, 0.4) is 0 Å². The van der Waals surface area contributed by atoms with Crippen LogP contribution in [0, 0.1) is 0 Å². The summed E-state index contributed by atoms with van der Waals surface area (Å²) in [6.07, 6.45) is 0. The van der Waals surface area contributed by atoms with Gasteiger partial charge in [-0.1, -0.05) is 24.3 Å². The minimum absolute atomic E-state index is 0.00905.